The highest BCUT2D eigenvalue weighted by Crippen LogP contribution is 2.26. The van der Waals surface area contributed by atoms with Gasteiger partial charge in [-0.25, -0.2) is 8.42 Å². The molecule has 4 nitrogen and oxygen atoms in total. The van der Waals surface area contributed by atoms with Crippen molar-refractivity contribution >= 4 is 50.3 Å². The maximum Gasteiger partial charge on any atom is 0.256 e. The number of benzene rings is 1. The van der Waals surface area contributed by atoms with E-state index < -0.39 is 9.84 Å². The van der Waals surface area contributed by atoms with Crippen LogP contribution in [0.5, 0.6) is 0 Å². The summed E-state index contributed by atoms with van der Waals surface area (Å²) in [5.41, 5.74) is 0.143. The van der Waals surface area contributed by atoms with Gasteiger partial charge in [0.05, 0.1) is 26.4 Å². The van der Waals surface area contributed by atoms with Crippen LogP contribution in [0.3, 0.4) is 0 Å². The number of rotatable bonds is 6. The molecular formula is C16H15Cl2NO3S2. The van der Waals surface area contributed by atoms with Crippen molar-refractivity contribution in [2.75, 3.05) is 12.8 Å². The summed E-state index contributed by atoms with van der Waals surface area (Å²) < 4.78 is 24.1. The predicted octanol–water partition coefficient (Wildman–Crippen LogP) is 4.29. The Morgan fingerprint density at radius 3 is 2.54 bits per heavy atom. The Balaban J connectivity index is 2.37. The molecule has 0 bridgehead atoms. The first-order chi connectivity index (χ1) is 11.2. The Labute approximate surface area is 155 Å². The van der Waals surface area contributed by atoms with Crippen molar-refractivity contribution in [3.05, 3.63) is 62.8 Å². The van der Waals surface area contributed by atoms with Crippen molar-refractivity contribution in [2.24, 2.45) is 0 Å². The zero-order valence-electron chi connectivity index (χ0n) is 12.8. The van der Waals surface area contributed by atoms with E-state index in [1.165, 1.54) is 34.4 Å². The molecule has 2 rings (SSSR count). The van der Waals surface area contributed by atoms with Gasteiger partial charge in [-0.3, -0.25) is 4.79 Å². The molecule has 0 fully saturated rings. The molecule has 0 saturated heterocycles. The van der Waals surface area contributed by atoms with Gasteiger partial charge in [-0.05, 0) is 30.3 Å². The largest absolute Gasteiger partial charge is 0.330 e. The van der Waals surface area contributed by atoms with E-state index in [1.807, 2.05) is 6.07 Å². The minimum Gasteiger partial charge on any atom is -0.330 e. The number of sulfone groups is 1. The van der Waals surface area contributed by atoms with E-state index in [0.29, 0.717) is 17.4 Å². The Morgan fingerprint density at radius 1 is 1.29 bits per heavy atom. The van der Waals surface area contributed by atoms with E-state index >= 15 is 0 Å². The van der Waals surface area contributed by atoms with Gasteiger partial charge in [0.25, 0.3) is 5.91 Å². The summed E-state index contributed by atoms with van der Waals surface area (Å²) >= 11 is 13.4. The van der Waals surface area contributed by atoms with Crippen LogP contribution in [0.2, 0.25) is 9.36 Å². The number of amides is 1. The van der Waals surface area contributed by atoms with Gasteiger partial charge in [0.2, 0.25) is 0 Å². The van der Waals surface area contributed by atoms with Gasteiger partial charge in [-0.1, -0.05) is 29.3 Å². The molecule has 8 heteroatoms. The van der Waals surface area contributed by atoms with E-state index in [4.69, 9.17) is 23.2 Å². The lowest BCUT2D eigenvalue weighted by Gasteiger charge is -2.21. The molecular weight excluding hydrogens is 389 g/mol. The van der Waals surface area contributed by atoms with Crippen molar-refractivity contribution < 1.29 is 13.2 Å². The fraction of sp³-hybridized carbons (Fsp3) is 0.188. The molecule has 128 valence electrons. The predicted molar refractivity (Wildman–Crippen MR) is 98.8 cm³/mol. The fourth-order valence-corrected chi connectivity index (χ4v) is 4.02. The summed E-state index contributed by atoms with van der Waals surface area (Å²) in [6.45, 7) is 4.29. The van der Waals surface area contributed by atoms with Gasteiger partial charge in [0.15, 0.2) is 9.84 Å². The Hall–Kier alpha value is -1.34. The number of carbonyl (C=O) groups is 1. The SMILES string of the molecule is C=CCN(Cc1ccc(Cl)s1)C(=O)c1cc(S(C)(=O)=O)ccc1Cl. The number of hydrogen-bond acceptors (Lipinski definition) is 4. The first-order valence-electron chi connectivity index (χ1n) is 6.86. The van der Waals surface area contributed by atoms with Gasteiger partial charge in [0.1, 0.15) is 0 Å². The van der Waals surface area contributed by atoms with Crippen molar-refractivity contribution in [1.29, 1.82) is 0 Å². The molecule has 1 amide bonds. The normalized spacial score (nSPS) is 11.3. The third-order valence-electron chi connectivity index (χ3n) is 3.21. The van der Waals surface area contributed by atoms with Crippen LogP contribution in [0.15, 0.2) is 47.9 Å². The van der Waals surface area contributed by atoms with Crippen molar-refractivity contribution in [3.8, 4) is 0 Å². The van der Waals surface area contributed by atoms with E-state index in [-0.39, 0.29) is 21.4 Å². The zero-order valence-corrected chi connectivity index (χ0v) is 16.0. The monoisotopic (exact) mass is 403 g/mol. The first-order valence-corrected chi connectivity index (χ1v) is 10.3. The lowest BCUT2D eigenvalue weighted by molar-refractivity contribution is 0.0764. The van der Waals surface area contributed by atoms with Gasteiger partial charge in [0, 0.05) is 17.7 Å². The molecule has 2 aromatic rings. The van der Waals surface area contributed by atoms with Gasteiger partial charge in [-0.2, -0.15) is 0 Å². The van der Waals surface area contributed by atoms with Crippen LogP contribution >= 0.6 is 34.5 Å². The summed E-state index contributed by atoms with van der Waals surface area (Å²) in [5.74, 6) is -0.366. The summed E-state index contributed by atoms with van der Waals surface area (Å²) in [6, 6.07) is 7.70. The summed E-state index contributed by atoms with van der Waals surface area (Å²) in [4.78, 5) is 15.3. The quantitative estimate of drug-likeness (QED) is 0.675. The lowest BCUT2D eigenvalue weighted by Crippen LogP contribution is -2.30. The highest BCUT2D eigenvalue weighted by atomic mass is 35.5. The highest BCUT2D eigenvalue weighted by Gasteiger charge is 2.21. The highest BCUT2D eigenvalue weighted by molar-refractivity contribution is 7.90. The number of hydrogen-bond donors (Lipinski definition) is 0. The van der Waals surface area contributed by atoms with E-state index in [1.54, 1.807) is 12.1 Å². The molecule has 0 unspecified atom stereocenters. The molecule has 0 radical (unpaired) electrons. The zero-order chi connectivity index (χ0) is 17.9. The molecule has 0 aliphatic heterocycles. The minimum atomic E-state index is -3.43. The summed E-state index contributed by atoms with van der Waals surface area (Å²) in [5, 5.41) is 0.200. The third-order valence-corrected chi connectivity index (χ3v) is 5.86. The molecule has 0 aliphatic rings. The maximum atomic E-state index is 12.8. The molecule has 0 atom stereocenters. The molecule has 1 heterocycles. The van der Waals surface area contributed by atoms with Crippen LogP contribution in [0.4, 0.5) is 0 Å². The molecule has 0 N–H and O–H groups in total. The number of carbonyl (C=O) groups excluding carboxylic acids is 1. The van der Waals surface area contributed by atoms with Crippen molar-refractivity contribution in [1.82, 2.24) is 4.90 Å². The second-order valence-corrected chi connectivity index (χ2v) is 9.32. The number of thiophene rings is 1. The average molecular weight is 404 g/mol. The average Bonchev–Trinajstić information content (AvgIpc) is 2.90. The van der Waals surface area contributed by atoms with E-state index in [9.17, 15) is 13.2 Å². The maximum absolute atomic E-state index is 12.8. The molecule has 1 aromatic carbocycles. The van der Waals surface area contributed by atoms with Crippen LogP contribution in [-0.2, 0) is 16.4 Å². The Kier molecular flexibility index (Phi) is 6.09. The molecule has 1 aromatic heterocycles. The second-order valence-electron chi connectivity index (χ2n) is 5.09. The Bertz CT molecular complexity index is 875. The van der Waals surface area contributed by atoms with Gasteiger partial charge < -0.3 is 4.90 Å². The molecule has 0 aliphatic carbocycles. The summed E-state index contributed by atoms with van der Waals surface area (Å²) in [6.07, 6.45) is 2.68. The molecule has 24 heavy (non-hydrogen) atoms. The summed E-state index contributed by atoms with van der Waals surface area (Å²) in [7, 11) is -3.43. The van der Waals surface area contributed by atoms with Crippen molar-refractivity contribution in [3.63, 3.8) is 0 Å². The number of halogens is 2. The third kappa shape index (κ3) is 4.60. The van der Waals surface area contributed by atoms with Crippen LogP contribution in [0.1, 0.15) is 15.2 Å². The van der Waals surface area contributed by atoms with Crippen LogP contribution < -0.4 is 0 Å². The van der Waals surface area contributed by atoms with Crippen molar-refractivity contribution in [2.45, 2.75) is 11.4 Å². The molecule has 0 spiro atoms. The van der Waals surface area contributed by atoms with Crippen LogP contribution in [0.25, 0.3) is 0 Å². The van der Waals surface area contributed by atoms with Gasteiger partial charge in [-0.15, -0.1) is 17.9 Å². The first kappa shape index (κ1) is 19.0. The number of nitrogens with zero attached hydrogens (tertiary/aromatic N) is 1. The van der Waals surface area contributed by atoms with E-state index in [2.05, 4.69) is 6.58 Å². The fourth-order valence-electron chi connectivity index (χ4n) is 2.07. The lowest BCUT2D eigenvalue weighted by atomic mass is 10.2. The standard InChI is InChI=1S/C16H15Cl2NO3S2/c1-3-8-19(10-11-4-7-15(18)23-11)16(20)13-9-12(24(2,21)22)5-6-14(13)17/h3-7,9H,1,8,10H2,2H3. The van der Waals surface area contributed by atoms with E-state index in [0.717, 1.165) is 11.1 Å². The second kappa shape index (κ2) is 7.70. The van der Waals surface area contributed by atoms with Gasteiger partial charge >= 0.3 is 0 Å². The smallest absolute Gasteiger partial charge is 0.256 e. The van der Waals surface area contributed by atoms with Crippen LogP contribution in [0, 0.1) is 0 Å². The molecule has 0 saturated carbocycles. The van der Waals surface area contributed by atoms with Crippen LogP contribution in [-0.4, -0.2) is 32.0 Å². The Morgan fingerprint density at radius 2 is 2.00 bits per heavy atom. The topological polar surface area (TPSA) is 54.5 Å². The minimum absolute atomic E-state index is 0.0490.